The van der Waals surface area contributed by atoms with Crippen LogP contribution in [0.2, 0.25) is 0 Å². The number of hydrogen-bond acceptors (Lipinski definition) is 3. The average molecular weight is 217 g/mol. The van der Waals surface area contributed by atoms with Gasteiger partial charge in [-0.25, -0.2) is 4.79 Å². The molecular formula is C12H13N2O2. The second kappa shape index (κ2) is 5.70. The summed E-state index contributed by atoms with van der Waals surface area (Å²) in [7, 11) is 0. The number of hydrogen-bond donors (Lipinski definition) is 2. The van der Waals surface area contributed by atoms with Crippen molar-refractivity contribution in [2.75, 3.05) is 0 Å². The first-order chi connectivity index (χ1) is 7.63. The smallest absolute Gasteiger partial charge is 0.415 e. The molecule has 1 radical (unpaired) electrons. The predicted octanol–water partition coefficient (Wildman–Crippen LogP) is 2.46. The van der Waals surface area contributed by atoms with Crippen LogP contribution in [0.3, 0.4) is 0 Å². The van der Waals surface area contributed by atoms with Crippen LogP contribution in [0.1, 0.15) is 19.4 Å². The number of amidine groups is 1. The monoisotopic (exact) mass is 217 g/mol. The van der Waals surface area contributed by atoms with Crippen LogP contribution < -0.4 is 5.32 Å². The number of ether oxygens (including phenoxy) is 1. The van der Waals surface area contributed by atoms with Crippen molar-refractivity contribution in [3.8, 4) is 0 Å². The lowest BCUT2D eigenvalue weighted by molar-refractivity contribution is 0.182. The zero-order valence-corrected chi connectivity index (χ0v) is 9.20. The molecule has 1 aromatic rings. The van der Waals surface area contributed by atoms with Crippen LogP contribution in [-0.4, -0.2) is 11.9 Å². The molecule has 2 N–H and O–H groups in total. The number of allylic oxidation sites excluding steroid dienone is 2. The Hall–Kier alpha value is -2.10. The summed E-state index contributed by atoms with van der Waals surface area (Å²) < 4.78 is 4.85. The first-order valence-corrected chi connectivity index (χ1v) is 4.80. The Bertz CT molecular complexity index is 410. The number of carbonyl (C=O) groups excluding carboxylic acids is 1. The number of nitrogens with one attached hydrogen (secondary N) is 2. The van der Waals surface area contributed by atoms with Crippen molar-refractivity contribution in [2.45, 2.75) is 13.8 Å². The summed E-state index contributed by atoms with van der Waals surface area (Å²) in [5, 5.41) is 9.95. The molecule has 0 fully saturated rings. The third kappa shape index (κ3) is 3.57. The third-order valence-electron chi connectivity index (χ3n) is 1.89. The van der Waals surface area contributed by atoms with E-state index in [0.29, 0.717) is 11.3 Å². The van der Waals surface area contributed by atoms with Crippen LogP contribution in [0.25, 0.3) is 0 Å². The van der Waals surface area contributed by atoms with Gasteiger partial charge in [0, 0.05) is 5.56 Å². The van der Waals surface area contributed by atoms with Crippen LogP contribution >= 0.6 is 0 Å². The summed E-state index contributed by atoms with van der Waals surface area (Å²) in [5.74, 6) is 0.495. The van der Waals surface area contributed by atoms with Gasteiger partial charge in [0.1, 0.15) is 11.6 Å². The number of carbonyl (C=O) groups is 1. The minimum atomic E-state index is -0.659. The summed E-state index contributed by atoms with van der Waals surface area (Å²) in [5.41, 5.74) is 0.605. The minimum Gasteiger partial charge on any atom is -0.415 e. The van der Waals surface area contributed by atoms with E-state index in [1.165, 1.54) is 0 Å². The highest BCUT2D eigenvalue weighted by Crippen LogP contribution is 1.99. The Morgan fingerprint density at radius 2 is 2.12 bits per heavy atom. The van der Waals surface area contributed by atoms with Crippen LogP contribution in [0, 0.1) is 11.5 Å². The van der Waals surface area contributed by atoms with Crippen LogP contribution in [0.5, 0.6) is 0 Å². The van der Waals surface area contributed by atoms with E-state index in [9.17, 15) is 4.79 Å². The average Bonchev–Trinajstić information content (AvgIpc) is 2.29. The van der Waals surface area contributed by atoms with Crippen molar-refractivity contribution < 1.29 is 9.53 Å². The molecule has 0 spiro atoms. The number of alkyl carbamates (subject to hydrolysis) is 1. The first-order valence-electron chi connectivity index (χ1n) is 4.80. The van der Waals surface area contributed by atoms with E-state index in [-0.39, 0.29) is 5.84 Å². The lowest BCUT2D eigenvalue weighted by Gasteiger charge is -2.07. The minimum absolute atomic E-state index is 0.00269. The maximum absolute atomic E-state index is 11.3. The zero-order chi connectivity index (χ0) is 12.0. The summed E-state index contributed by atoms with van der Waals surface area (Å²) >= 11 is 0. The highest BCUT2D eigenvalue weighted by Gasteiger charge is 2.07. The van der Waals surface area contributed by atoms with Gasteiger partial charge in [0.25, 0.3) is 0 Å². The van der Waals surface area contributed by atoms with Crippen molar-refractivity contribution in [3.05, 3.63) is 47.7 Å². The Morgan fingerprint density at radius 3 is 2.69 bits per heavy atom. The van der Waals surface area contributed by atoms with Crippen molar-refractivity contribution in [1.82, 2.24) is 5.32 Å². The Kier molecular flexibility index (Phi) is 4.27. The fourth-order valence-corrected chi connectivity index (χ4v) is 0.958. The van der Waals surface area contributed by atoms with Gasteiger partial charge in [-0.15, -0.1) is 0 Å². The van der Waals surface area contributed by atoms with Crippen molar-refractivity contribution in [2.24, 2.45) is 0 Å². The maximum atomic E-state index is 11.3. The Labute approximate surface area is 94.4 Å². The van der Waals surface area contributed by atoms with Crippen molar-refractivity contribution >= 4 is 11.9 Å². The molecular weight excluding hydrogens is 204 g/mol. The molecule has 83 valence electrons. The van der Waals surface area contributed by atoms with E-state index in [0.717, 1.165) is 0 Å². The summed E-state index contributed by atoms with van der Waals surface area (Å²) in [6.45, 7) is 3.43. The molecule has 1 aromatic carbocycles. The molecule has 0 aliphatic rings. The lowest BCUT2D eigenvalue weighted by atomic mass is 10.2. The first kappa shape index (κ1) is 12.0. The highest BCUT2D eigenvalue weighted by molar-refractivity contribution is 6.04. The Balaban J connectivity index is 2.56. The fraction of sp³-hybridized carbons (Fsp3) is 0.167. The topological polar surface area (TPSA) is 62.2 Å². The van der Waals surface area contributed by atoms with Gasteiger partial charge in [0.15, 0.2) is 0 Å². The third-order valence-corrected chi connectivity index (χ3v) is 1.89. The van der Waals surface area contributed by atoms with Gasteiger partial charge >= 0.3 is 6.09 Å². The van der Waals surface area contributed by atoms with Crippen LogP contribution in [0.4, 0.5) is 4.79 Å². The van der Waals surface area contributed by atoms with E-state index < -0.39 is 6.09 Å². The molecule has 0 saturated carbocycles. The number of rotatable bonds is 2. The number of benzene rings is 1. The van der Waals surface area contributed by atoms with E-state index in [2.05, 4.69) is 11.4 Å². The normalized spacial score (nSPS) is 10.8. The summed E-state index contributed by atoms with van der Waals surface area (Å²) in [6.07, 6.45) is 1.01. The van der Waals surface area contributed by atoms with E-state index in [1.54, 1.807) is 44.2 Å². The van der Waals surface area contributed by atoms with Gasteiger partial charge in [-0.3, -0.25) is 10.7 Å². The zero-order valence-electron chi connectivity index (χ0n) is 9.20. The van der Waals surface area contributed by atoms with Gasteiger partial charge in [-0.2, -0.15) is 0 Å². The molecule has 4 heteroatoms. The molecule has 0 unspecified atom stereocenters. The second-order valence-corrected chi connectivity index (χ2v) is 3.08. The quantitative estimate of drug-likeness (QED) is 0.454. The van der Waals surface area contributed by atoms with Crippen LogP contribution in [0.15, 0.2) is 36.1 Å². The fourth-order valence-electron chi connectivity index (χ4n) is 0.958. The largest absolute Gasteiger partial charge is 0.417 e. The van der Waals surface area contributed by atoms with E-state index in [4.69, 9.17) is 10.1 Å². The highest BCUT2D eigenvalue weighted by atomic mass is 16.6. The van der Waals surface area contributed by atoms with Gasteiger partial charge in [-0.05, 0) is 26.0 Å². The summed E-state index contributed by atoms with van der Waals surface area (Å²) in [4.78, 5) is 11.3. The number of amides is 1. The maximum Gasteiger partial charge on any atom is 0.417 e. The Morgan fingerprint density at radius 1 is 1.50 bits per heavy atom. The van der Waals surface area contributed by atoms with Crippen molar-refractivity contribution in [3.63, 3.8) is 0 Å². The molecule has 0 aliphatic carbocycles. The van der Waals surface area contributed by atoms with E-state index >= 15 is 0 Å². The summed E-state index contributed by atoms with van der Waals surface area (Å²) in [6, 6.07) is 9.55. The molecule has 0 aliphatic heterocycles. The molecule has 0 saturated heterocycles. The molecule has 1 rings (SSSR count). The molecule has 0 aromatic heterocycles. The lowest BCUT2D eigenvalue weighted by Crippen LogP contribution is -2.30. The van der Waals surface area contributed by atoms with Gasteiger partial charge in [-0.1, -0.05) is 24.3 Å². The molecule has 0 bridgehead atoms. The van der Waals surface area contributed by atoms with Crippen LogP contribution in [-0.2, 0) is 4.74 Å². The predicted molar refractivity (Wildman–Crippen MR) is 61.2 cm³/mol. The SMILES string of the molecule is CC=C(C)OC(=O)NC(=N)c1cc[c]cc1. The molecule has 0 heterocycles. The van der Waals surface area contributed by atoms with Crippen molar-refractivity contribution in [1.29, 1.82) is 5.41 Å². The standard InChI is InChI=1S/C12H13N2O2/c1-3-9(2)16-12(15)14-11(13)10-7-5-4-6-8-10/h3,5-8H,1-2H3,(H2,13,14,15). The second-order valence-electron chi connectivity index (χ2n) is 3.08. The van der Waals surface area contributed by atoms with Gasteiger partial charge in [0.2, 0.25) is 0 Å². The molecule has 1 amide bonds. The van der Waals surface area contributed by atoms with Gasteiger partial charge < -0.3 is 4.74 Å². The molecule has 16 heavy (non-hydrogen) atoms. The molecule has 4 nitrogen and oxygen atoms in total. The van der Waals surface area contributed by atoms with E-state index in [1.807, 2.05) is 0 Å². The molecule has 0 atom stereocenters. The van der Waals surface area contributed by atoms with Gasteiger partial charge in [0.05, 0.1) is 0 Å².